The minimum absolute atomic E-state index is 0.377. The van der Waals surface area contributed by atoms with Crippen molar-refractivity contribution in [1.82, 2.24) is 4.98 Å². The summed E-state index contributed by atoms with van der Waals surface area (Å²) in [5.41, 5.74) is 1.37. The van der Waals surface area contributed by atoms with Crippen LogP contribution in [0.15, 0.2) is 16.9 Å². The summed E-state index contributed by atoms with van der Waals surface area (Å²) >= 11 is 3.28. The van der Waals surface area contributed by atoms with Gasteiger partial charge in [0.2, 0.25) is 0 Å². The fraction of sp³-hybridized carbons (Fsp3) is 0.250. The number of esters is 1. The standard InChI is InChI=1S/C8H8BrNO2/c1-5-3-10-4-6(7(5)9)8(11)12-2/h3-4H,1-2H3. The molecule has 0 bridgehead atoms. The Hall–Kier alpha value is -0.900. The Morgan fingerprint density at radius 1 is 1.58 bits per heavy atom. The van der Waals surface area contributed by atoms with E-state index in [9.17, 15) is 4.79 Å². The van der Waals surface area contributed by atoms with E-state index >= 15 is 0 Å². The third-order valence-electron chi connectivity index (χ3n) is 1.46. The van der Waals surface area contributed by atoms with Crippen LogP contribution in [0.25, 0.3) is 0 Å². The topological polar surface area (TPSA) is 39.2 Å². The molecule has 1 rings (SSSR count). The van der Waals surface area contributed by atoms with Crippen molar-refractivity contribution in [3.05, 3.63) is 28.0 Å². The number of rotatable bonds is 1. The Bertz CT molecular complexity index is 312. The molecular formula is C8H8BrNO2. The number of nitrogens with zero attached hydrogens (tertiary/aromatic N) is 1. The number of hydrogen-bond acceptors (Lipinski definition) is 3. The molecule has 0 atom stereocenters. The van der Waals surface area contributed by atoms with Crippen LogP contribution in [0.2, 0.25) is 0 Å². The Morgan fingerprint density at radius 3 is 2.83 bits per heavy atom. The molecule has 0 saturated heterocycles. The Morgan fingerprint density at radius 2 is 2.25 bits per heavy atom. The molecule has 1 heterocycles. The highest BCUT2D eigenvalue weighted by Crippen LogP contribution is 2.19. The zero-order valence-corrected chi connectivity index (χ0v) is 8.38. The van der Waals surface area contributed by atoms with E-state index in [4.69, 9.17) is 0 Å². The van der Waals surface area contributed by atoms with Gasteiger partial charge in [0.15, 0.2) is 0 Å². The summed E-state index contributed by atoms with van der Waals surface area (Å²) in [5, 5.41) is 0. The number of pyridine rings is 1. The second-order valence-corrected chi connectivity index (χ2v) is 3.10. The molecule has 0 saturated carbocycles. The molecule has 0 aromatic carbocycles. The summed E-state index contributed by atoms with van der Waals surface area (Å²) in [6.45, 7) is 1.86. The van der Waals surface area contributed by atoms with Crippen molar-refractivity contribution < 1.29 is 9.53 Å². The number of carbonyl (C=O) groups is 1. The van der Waals surface area contributed by atoms with Gasteiger partial charge in [-0.2, -0.15) is 0 Å². The third-order valence-corrected chi connectivity index (χ3v) is 2.51. The van der Waals surface area contributed by atoms with Gasteiger partial charge in [-0.3, -0.25) is 4.98 Å². The summed E-state index contributed by atoms with van der Waals surface area (Å²) in [6.07, 6.45) is 3.15. The monoisotopic (exact) mass is 229 g/mol. The van der Waals surface area contributed by atoms with E-state index in [2.05, 4.69) is 25.7 Å². The van der Waals surface area contributed by atoms with Gasteiger partial charge in [0, 0.05) is 16.9 Å². The van der Waals surface area contributed by atoms with E-state index in [0.717, 1.165) is 10.0 Å². The molecule has 0 aliphatic heterocycles. The normalized spacial score (nSPS) is 9.58. The van der Waals surface area contributed by atoms with Gasteiger partial charge in [0.1, 0.15) is 0 Å². The van der Waals surface area contributed by atoms with Crippen LogP contribution in [0.1, 0.15) is 15.9 Å². The van der Waals surface area contributed by atoms with E-state index in [1.165, 1.54) is 13.3 Å². The zero-order valence-electron chi connectivity index (χ0n) is 6.80. The fourth-order valence-electron chi connectivity index (χ4n) is 0.802. The molecule has 0 radical (unpaired) electrons. The lowest BCUT2D eigenvalue weighted by Gasteiger charge is -2.02. The van der Waals surface area contributed by atoms with E-state index in [-0.39, 0.29) is 5.97 Å². The first kappa shape index (κ1) is 9.19. The highest BCUT2D eigenvalue weighted by Gasteiger charge is 2.11. The van der Waals surface area contributed by atoms with Crippen LogP contribution in [0.5, 0.6) is 0 Å². The number of aryl methyl sites for hydroxylation is 1. The second-order valence-electron chi connectivity index (χ2n) is 2.31. The van der Waals surface area contributed by atoms with Gasteiger partial charge >= 0.3 is 5.97 Å². The molecule has 0 aliphatic rings. The van der Waals surface area contributed by atoms with Gasteiger partial charge in [-0.15, -0.1) is 0 Å². The van der Waals surface area contributed by atoms with Crippen LogP contribution in [0.4, 0.5) is 0 Å². The minimum Gasteiger partial charge on any atom is -0.465 e. The van der Waals surface area contributed by atoms with Crippen LogP contribution in [-0.4, -0.2) is 18.1 Å². The molecule has 0 spiro atoms. The number of ether oxygens (including phenoxy) is 1. The lowest BCUT2D eigenvalue weighted by Crippen LogP contribution is -2.03. The first-order chi connectivity index (χ1) is 5.66. The van der Waals surface area contributed by atoms with Crippen LogP contribution in [0.3, 0.4) is 0 Å². The van der Waals surface area contributed by atoms with Crippen molar-refractivity contribution in [2.75, 3.05) is 7.11 Å². The summed E-state index contributed by atoms with van der Waals surface area (Å²) in [7, 11) is 1.34. The SMILES string of the molecule is COC(=O)c1cncc(C)c1Br. The number of aromatic nitrogens is 1. The number of hydrogen-bond donors (Lipinski definition) is 0. The lowest BCUT2D eigenvalue weighted by molar-refractivity contribution is 0.0599. The smallest absolute Gasteiger partial charge is 0.340 e. The number of methoxy groups -OCH3 is 1. The molecule has 0 unspecified atom stereocenters. The van der Waals surface area contributed by atoms with Gasteiger partial charge in [0.25, 0.3) is 0 Å². The van der Waals surface area contributed by atoms with Crippen LogP contribution in [0, 0.1) is 6.92 Å². The molecule has 3 nitrogen and oxygen atoms in total. The van der Waals surface area contributed by atoms with Crippen LogP contribution in [-0.2, 0) is 4.74 Å². The second kappa shape index (κ2) is 3.67. The van der Waals surface area contributed by atoms with Gasteiger partial charge in [-0.25, -0.2) is 4.79 Å². The molecule has 0 N–H and O–H groups in total. The van der Waals surface area contributed by atoms with E-state index in [1.807, 2.05) is 6.92 Å². The predicted molar refractivity (Wildman–Crippen MR) is 48.0 cm³/mol. The third kappa shape index (κ3) is 1.64. The van der Waals surface area contributed by atoms with Gasteiger partial charge in [-0.1, -0.05) is 0 Å². The molecule has 0 aliphatic carbocycles. The molecule has 0 fully saturated rings. The number of halogens is 1. The lowest BCUT2D eigenvalue weighted by atomic mass is 10.2. The van der Waals surface area contributed by atoms with Crippen LogP contribution >= 0.6 is 15.9 Å². The average molecular weight is 230 g/mol. The first-order valence-corrected chi connectivity index (χ1v) is 4.14. The van der Waals surface area contributed by atoms with Crippen molar-refractivity contribution in [2.24, 2.45) is 0 Å². The average Bonchev–Trinajstić information content (AvgIpc) is 2.08. The van der Waals surface area contributed by atoms with Crippen molar-refractivity contribution in [3.63, 3.8) is 0 Å². The zero-order chi connectivity index (χ0) is 9.14. The van der Waals surface area contributed by atoms with Crippen molar-refractivity contribution in [2.45, 2.75) is 6.92 Å². The number of carbonyl (C=O) groups excluding carboxylic acids is 1. The van der Waals surface area contributed by atoms with Gasteiger partial charge in [-0.05, 0) is 28.4 Å². The molecule has 64 valence electrons. The Balaban J connectivity index is 3.16. The summed E-state index contributed by atoms with van der Waals surface area (Å²) in [4.78, 5) is 15.0. The van der Waals surface area contributed by atoms with Crippen LogP contribution < -0.4 is 0 Å². The molecule has 1 aromatic heterocycles. The largest absolute Gasteiger partial charge is 0.465 e. The molecule has 4 heteroatoms. The molecule has 12 heavy (non-hydrogen) atoms. The molecular weight excluding hydrogens is 222 g/mol. The highest BCUT2D eigenvalue weighted by atomic mass is 79.9. The van der Waals surface area contributed by atoms with Crippen molar-refractivity contribution in [1.29, 1.82) is 0 Å². The predicted octanol–water partition coefficient (Wildman–Crippen LogP) is 1.94. The quantitative estimate of drug-likeness (QED) is 0.692. The molecule has 1 aromatic rings. The maximum absolute atomic E-state index is 11.1. The highest BCUT2D eigenvalue weighted by molar-refractivity contribution is 9.10. The minimum atomic E-state index is -0.377. The summed E-state index contributed by atoms with van der Waals surface area (Å²) < 4.78 is 5.30. The molecule has 0 amide bonds. The van der Waals surface area contributed by atoms with E-state index < -0.39 is 0 Å². The first-order valence-electron chi connectivity index (χ1n) is 3.35. The Labute approximate surface area is 78.9 Å². The maximum Gasteiger partial charge on any atom is 0.340 e. The maximum atomic E-state index is 11.1. The van der Waals surface area contributed by atoms with Gasteiger partial charge in [0.05, 0.1) is 12.7 Å². The fourth-order valence-corrected chi connectivity index (χ4v) is 1.17. The van der Waals surface area contributed by atoms with Gasteiger partial charge < -0.3 is 4.74 Å². The summed E-state index contributed by atoms with van der Waals surface area (Å²) in [6, 6.07) is 0. The van der Waals surface area contributed by atoms with Crippen molar-refractivity contribution >= 4 is 21.9 Å². The van der Waals surface area contributed by atoms with E-state index in [0.29, 0.717) is 5.56 Å². The van der Waals surface area contributed by atoms with E-state index in [1.54, 1.807) is 6.20 Å². The summed E-state index contributed by atoms with van der Waals surface area (Å²) in [5.74, 6) is -0.377. The van der Waals surface area contributed by atoms with Crippen molar-refractivity contribution in [3.8, 4) is 0 Å². The Kier molecular flexibility index (Phi) is 2.81.